The number of rotatable bonds is 7. The molecular formula is C34H36ClN3O11. The summed E-state index contributed by atoms with van der Waals surface area (Å²) in [7, 11) is 1.33. The summed E-state index contributed by atoms with van der Waals surface area (Å²) in [4.78, 5) is 40.4. The highest BCUT2D eigenvalue weighted by Gasteiger charge is 2.49. The fourth-order valence-corrected chi connectivity index (χ4v) is 6.67. The van der Waals surface area contributed by atoms with Crippen LogP contribution >= 0.6 is 12.4 Å². The predicted octanol–water partition coefficient (Wildman–Crippen LogP) is 1.64. The third kappa shape index (κ3) is 6.16. The number of carbonyl (C=O) groups excluding carboxylic acids is 3. The molecular weight excluding hydrogens is 662 g/mol. The highest BCUT2D eigenvalue weighted by molar-refractivity contribution is 6.31. The molecule has 49 heavy (non-hydrogen) atoms. The molecule has 2 aliphatic carbocycles. The van der Waals surface area contributed by atoms with Gasteiger partial charge >= 0.3 is 0 Å². The number of methoxy groups -OCH3 is 1. The number of ether oxygens (including phenoxy) is 3. The first-order valence-corrected chi connectivity index (χ1v) is 15.3. The fraction of sp³-hybridized carbons (Fsp3) is 0.353. The van der Waals surface area contributed by atoms with E-state index in [1.807, 2.05) is 0 Å². The van der Waals surface area contributed by atoms with Crippen LogP contribution in [0.25, 0.3) is 0 Å². The number of nitrogens with one attached hydrogen (secondary N) is 1. The summed E-state index contributed by atoms with van der Waals surface area (Å²) in [6.07, 6.45) is -5.10. The molecule has 1 aliphatic heterocycles. The summed E-state index contributed by atoms with van der Waals surface area (Å²) in [5.41, 5.74) is 4.90. The van der Waals surface area contributed by atoms with Crippen molar-refractivity contribution in [3.8, 4) is 17.2 Å². The monoisotopic (exact) mass is 697 g/mol. The Hall–Kier alpha value is -4.41. The number of hydrazone groups is 1. The van der Waals surface area contributed by atoms with Gasteiger partial charge in [-0.1, -0.05) is 30.3 Å². The van der Waals surface area contributed by atoms with Gasteiger partial charge in [0, 0.05) is 47.6 Å². The van der Waals surface area contributed by atoms with Crippen LogP contribution in [-0.4, -0.2) is 92.6 Å². The van der Waals surface area contributed by atoms with Gasteiger partial charge in [-0.3, -0.25) is 14.4 Å². The van der Waals surface area contributed by atoms with Gasteiger partial charge in [-0.25, -0.2) is 5.43 Å². The molecule has 0 radical (unpaired) electrons. The van der Waals surface area contributed by atoms with Gasteiger partial charge in [-0.15, -0.1) is 12.4 Å². The molecule has 1 fully saturated rings. The van der Waals surface area contributed by atoms with Gasteiger partial charge < -0.3 is 45.5 Å². The SMILES string of the molecule is COc1cccc2c1C(=O)c1c(O)c3c(c(O)c1C2=O)C[C@@](O)(/C(CO)=N/NC(=O)c1ccccc1)C[C@@H]3OC1CC(N)C(O)C(C)O1.Cl. The second-order valence-corrected chi connectivity index (χ2v) is 12.1. The van der Waals surface area contributed by atoms with Crippen molar-refractivity contribution >= 4 is 35.6 Å². The predicted molar refractivity (Wildman–Crippen MR) is 175 cm³/mol. The molecule has 3 aromatic carbocycles. The molecule has 15 heteroatoms. The maximum Gasteiger partial charge on any atom is 0.271 e. The quantitative estimate of drug-likeness (QED) is 0.0830. The van der Waals surface area contributed by atoms with Gasteiger partial charge in [-0.2, -0.15) is 5.10 Å². The van der Waals surface area contributed by atoms with Crippen molar-refractivity contribution in [2.45, 2.75) is 62.4 Å². The standard InChI is InChI=1S/C34H35N3O11.ClH/c1-15-28(39)19(35)11-23(47-15)48-21-13-34(45,22(14-38)36-37-33(44)16-7-4-3-5-8-16)12-18-25(21)32(43)27-26(30(18)41)29(40)17-9-6-10-20(46-2)24(17)31(27)42;/h3-10,15,19,21,23,28,38-39,41,43,45H,11-14,35H2,1-2H3,(H,37,44);1H/b36-22+;/t15?,19?,21-,23?,28?,34-;/m0./s1. The molecule has 6 rings (SSSR count). The number of hydrogen-bond acceptors (Lipinski definition) is 13. The summed E-state index contributed by atoms with van der Waals surface area (Å²) >= 11 is 0. The van der Waals surface area contributed by atoms with Crippen molar-refractivity contribution in [1.82, 2.24) is 5.43 Å². The first-order chi connectivity index (χ1) is 22.9. The largest absolute Gasteiger partial charge is 0.507 e. The number of aliphatic hydroxyl groups excluding tert-OH is 2. The molecule has 3 aliphatic rings. The van der Waals surface area contributed by atoms with Crippen molar-refractivity contribution in [2.24, 2.45) is 10.8 Å². The third-order valence-corrected chi connectivity index (χ3v) is 9.16. The summed E-state index contributed by atoms with van der Waals surface area (Å²) in [5.74, 6) is -3.43. The number of halogens is 1. The minimum Gasteiger partial charge on any atom is -0.507 e. The maximum atomic E-state index is 13.9. The fourth-order valence-electron chi connectivity index (χ4n) is 6.67. The zero-order chi connectivity index (χ0) is 34.5. The molecule has 260 valence electrons. The number of benzene rings is 3. The molecule has 0 spiro atoms. The molecule has 0 bridgehead atoms. The van der Waals surface area contributed by atoms with Crippen LogP contribution in [-0.2, 0) is 15.9 Å². The van der Waals surface area contributed by atoms with E-state index in [0.717, 1.165) is 0 Å². The van der Waals surface area contributed by atoms with E-state index in [9.17, 15) is 39.9 Å². The Balaban J connectivity index is 0.00000468. The first-order valence-electron chi connectivity index (χ1n) is 15.3. The van der Waals surface area contributed by atoms with E-state index in [2.05, 4.69) is 10.5 Å². The Bertz CT molecular complexity index is 1820. The molecule has 1 saturated heterocycles. The van der Waals surface area contributed by atoms with Crippen LogP contribution < -0.4 is 15.9 Å². The first kappa shape index (κ1) is 35.9. The van der Waals surface area contributed by atoms with Crippen molar-refractivity contribution in [3.63, 3.8) is 0 Å². The lowest BCUT2D eigenvalue weighted by atomic mass is 9.71. The van der Waals surface area contributed by atoms with Crippen LogP contribution in [0.3, 0.4) is 0 Å². The highest BCUT2D eigenvalue weighted by atomic mass is 35.5. The number of carbonyl (C=O) groups is 3. The van der Waals surface area contributed by atoms with E-state index in [1.54, 1.807) is 37.3 Å². The maximum absolute atomic E-state index is 13.9. The zero-order valence-corrected chi connectivity index (χ0v) is 27.3. The Morgan fingerprint density at radius 1 is 1.06 bits per heavy atom. The number of phenolic OH excluding ortho intramolecular Hbond substituents is 2. The van der Waals surface area contributed by atoms with Crippen LogP contribution in [0.2, 0.25) is 0 Å². The number of aliphatic hydroxyl groups is 3. The van der Waals surface area contributed by atoms with Gasteiger partial charge in [0.05, 0.1) is 54.4 Å². The summed E-state index contributed by atoms with van der Waals surface area (Å²) < 4.78 is 17.4. The van der Waals surface area contributed by atoms with Crippen molar-refractivity contribution in [3.05, 3.63) is 87.5 Å². The van der Waals surface area contributed by atoms with Gasteiger partial charge in [-0.05, 0) is 25.1 Å². The topological polar surface area (TPSA) is 230 Å². The number of ketones is 2. The number of fused-ring (bicyclic) bond motifs is 3. The Labute approximate surface area is 286 Å². The number of nitrogens with zero attached hydrogens (tertiary/aromatic N) is 1. The summed E-state index contributed by atoms with van der Waals surface area (Å²) in [6, 6.07) is 11.7. The van der Waals surface area contributed by atoms with Gasteiger partial charge in [0.25, 0.3) is 5.91 Å². The van der Waals surface area contributed by atoms with Gasteiger partial charge in [0.1, 0.15) is 22.8 Å². The van der Waals surface area contributed by atoms with Crippen molar-refractivity contribution < 1.29 is 54.1 Å². The van der Waals surface area contributed by atoms with Crippen LogP contribution in [0, 0.1) is 0 Å². The molecule has 0 aromatic heterocycles. The number of hydrogen-bond donors (Lipinski definition) is 7. The second kappa shape index (κ2) is 13.8. The summed E-state index contributed by atoms with van der Waals surface area (Å²) in [5, 5.41) is 60.2. The van der Waals surface area contributed by atoms with Crippen LogP contribution in [0.4, 0.5) is 0 Å². The smallest absolute Gasteiger partial charge is 0.271 e. The van der Waals surface area contributed by atoms with Crippen LogP contribution in [0.15, 0.2) is 53.6 Å². The molecule has 1 heterocycles. The van der Waals surface area contributed by atoms with Crippen LogP contribution in [0.1, 0.15) is 79.2 Å². The minimum absolute atomic E-state index is 0. The van der Waals surface area contributed by atoms with E-state index in [1.165, 1.54) is 25.3 Å². The lowest BCUT2D eigenvalue weighted by Gasteiger charge is -2.43. The number of phenols is 2. The Morgan fingerprint density at radius 2 is 1.76 bits per heavy atom. The van der Waals surface area contributed by atoms with Crippen molar-refractivity contribution in [2.75, 3.05) is 13.7 Å². The second-order valence-electron chi connectivity index (χ2n) is 12.1. The molecule has 0 saturated carbocycles. The molecule has 8 N–H and O–H groups in total. The van der Waals surface area contributed by atoms with Gasteiger partial charge in [0.2, 0.25) is 5.78 Å². The molecule has 1 amide bonds. The van der Waals surface area contributed by atoms with E-state index in [4.69, 9.17) is 19.9 Å². The number of nitrogens with two attached hydrogens (primary N) is 1. The molecule has 6 atom stereocenters. The van der Waals surface area contributed by atoms with E-state index in [-0.39, 0.29) is 58.1 Å². The lowest BCUT2D eigenvalue weighted by molar-refractivity contribution is -0.245. The number of amides is 1. The zero-order valence-electron chi connectivity index (χ0n) is 26.5. The van der Waals surface area contributed by atoms with Gasteiger partial charge in [0.15, 0.2) is 12.1 Å². The number of aromatic hydroxyl groups is 2. The average Bonchev–Trinajstić information content (AvgIpc) is 3.07. The molecule has 14 nitrogen and oxygen atoms in total. The highest BCUT2D eigenvalue weighted by Crippen LogP contribution is 2.52. The van der Waals surface area contributed by atoms with Crippen molar-refractivity contribution in [1.29, 1.82) is 0 Å². The molecule has 3 aromatic rings. The molecule has 4 unspecified atom stereocenters. The Kier molecular flexibility index (Phi) is 10.1. The summed E-state index contributed by atoms with van der Waals surface area (Å²) in [6.45, 7) is 0.746. The third-order valence-electron chi connectivity index (χ3n) is 9.16. The van der Waals surface area contributed by atoms with Crippen LogP contribution in [0.5, 0.6) is 17.2 Å². The minimum atomic E-state index is -2.13. The Morgan fingerprint density at radius 3 is 2.41 bits per heavy atom. The normalized spacial score (nSPS) is 26.2. The average molecular weight is 698 g/mol. The van der Waals surface area contributed by atoms with E-state index >= 15 is 0 Å². The van der Waals surface area contributed by atoms with E-state index in [0.29, 0.717) is 0 Å². The lowest BCUT2D eigenvalue weighted by Crippen LogP contribution is -2.53. The van der Waals surface area contributed by atoms with E-state index < -0.39 is 95.8 Å².